The molecule has 2 saturated heterocycles. The zero-order chi connectivity index (χ0) is 28.2. The van der Waals surface area contributed by atoms with Crippen LogP contribution in [0, 0.1) is 0 Å². The molecule has 12 heteroatoms. The molecular weight excluding hydrogens is 591 g/mol. The second-order valence-electron chi connectivity index (χ2n) is 10.5. The minimum Gasteiger partial charge on any atom is -0.380 e. The molecule has 0 bridgehead atoms. The number of nitrogens with zero attached hydrogens (tertiary/aromatic N) is 4. The summed E-state index contributed by atoms with van der Waals surface area (Å²) in [5.74, 6) is 0. The molecule has 0 amide bonds. The van der Waals surface area contributed by atoms with E-state index in [1.165, 1.54) is 33.4 Å². The second-order valence-corrected chi connectivity index (χ2v) is 14.6. The van der Waals surface area contributed by atoms with Crippen molar-refractivity contribution in [3.8, 4) is 10.7 Å². The number of sulfonamides is 1. The zero-order valence-electron chi connectivity index (χ0n) is 23.3. The van der Waals surface area contributed by atoms with Gasteiger partial charge in [0.15, 0.2) is 0 Å². The van der Waals surface area contributed by atoms with E-state index in [4.69, 9.17) is 14.5 Å². The smallest absolute Gasteiger partial charge is 0.273 e. The van der Waals surface area contributed by atoms with Crippen LogP contribution in [-0.2, 0) is 26.0 Å². The van der Waals surface area contributed by atoms with Crippen LogP contribution in [0.4, 0.5) is 5.69 Å². The van der Waals surface area contributed by atoms with Gasteiger partial charge in [0.2, 0.25) is 0 Å². The van der Waals surface area contributed by atoms with Gasteiger partial charge in [-0.05, 0) is 43.3 Å². The molecule has 0 spiro atoms. The molecule has 1 N–H and O–H groups in total. The van der Waals surface area contributed by atoms with Crippen LogP contribution in [0.15, 0.2) is 52.2 Å². The van der Waals surface area contributed by atoms with E-state index >= 15 is 0 Å². The number of aromatic nitrogens is 2. The van der Waals surface area contributed by atoms with E-state index in [2.05, 4.69) is 20.9 Å². The molecule has 1 atom stereocenters. The van der Waals surface area contributed by atoms with E-state index in [9.17, 15) is 8.42 Å². The molecule has 0 aliphatic carbocycles. The van der Waals surface area contributed by atoms with Crippen molar-refractivity contribution in [1.29, 1.82) is 0 Å². The van der Waals surface area contributed by atoms with Crippen LogP contribution in [0.1, 0.15) is 32.1 Å². The summed E-state index contributed by atoms with van der Waals surface area (Å²) in [6.45, 7) is 10.1. The summed E-state index contributed by atoms with van der Waals surface area (Å²) < 4.78 is 40.4. The molecule has 42 heavy (non-hydrogen) atoms. The summed E-state index contributed by atoms with van der Waals surface area (Å²) in [5.41, 5.74) is 2.28. The molecule has 9 nitrogen and oxygen atoms in total. The lowest BCUT2D eigenvalue weighted by atomic mass is 10.2. The summed E-state index contributed by atoms with van der Waals surface area (Å²) in [6, 6.07) is 11.2. The lowest BCUT2D eigenvalue weighted by molar-refractivity contribution is 0.0491. The quantitative estimate of drug-likeness (QED) is 0.206. The van der Waals surface area contributed by atoms with Gasteiger partial charge in [0, 0.05) is 68.9 Å². The van der Waals surface area contributed by atoms with Crippen LogP contribution in [0.2, 0.25) is 0 Å². The fourth-order valence-corrected chi connectivity index (χ4v) is 9.07. The first kappa shape index (κ1) is 31.1. The summed E-state index contributed by atoms with van der Waals surface area (Å²) in [7, 11) is -3.74. The number of benzene rings is 1. The van der Waals surface area contributed by atoms with Gasteiger partial charge in [-0.2, -0.15) is 0 Å². The first-order valence-electron chi connectivity index (χ1n) is 14.3. The Bertz CT molecular complexity index is 1520. The fraction of sp³-hybridized carbons (Fsp3) is 0.500. The van der Waals surface area contributed by atoms with Gasteiger partial charge in [-0.1, -0.05) is 25.6 Å². The van der Waals surface area contributed by atoms with Gasteiger partial charge < -0.3 is 14.5 Å². The maximum Gasteiger partial charge on any atom is 0.273 e. The van der Waals surface area contributed by atoms with Gasteiger partial charge in [-0.25, -0.2) is 13.4 Å². The lowest BCUT2D eigenvalue weighted by Crippen LogP contribution is -2.47. The summed E-state index contributed by atoms with van der Waals surface area (Å²) in [6.07, 6.45) is 4.77. The van der Waals surface area contributed by atoms with Gasteiger partial charge in [0.1, 0.15) is 9.22 Å². The van der Waals surface area contributed by atoms with Gasteiger partial charge >= 0.3 is 0 Å². The highest BCUT2D eigenvalue weighted by atomic mass is 32.2. The third kappa shape index (κ3) is 6.91. The SMILES string of the molecule is C.CCOCCN(c1cccc2cc(-c3ncc(CN4CCN(CC5CCCO5)CC4)s3)[nH]c12)S(=O)(=O)c1cccs1. The average molecular weight is 632 g/mol. The van der Waals surface area contributed by atoms with Gasteiger partial charge in [0.05, 0.1) is 36.2 Å². The van der Waals surface area contributed by atoms with Crippen LogP contribution in [0.5, 0.6) is 0 Å². The molecule has 3 aromatic heterocycles. The number of fused-ring (bicyclic) bond motifs is 1. The third-order valence-corrected chi connectivity index (χ3v) is 11.9. The number of hydrogen-bond donors (Lipinski definition) is 1. The van der Waals surface area contributed by atoms with Crippen molar-refractivity contribution in [3.63, 3.8) is 0 Å². The van der Waals surface area contributed by atoms with Gasteiger partial charge in [-0.3, -0.25) is 14.1 Å². The number of hydrogen-bond acceptors (Lipinski definition) is 9. The standard InChI is InChI=1S/C29H37N5O4S3.CH4/c1-2-37-16-14-34(41(35,36)27-9-5-17-39-27)26-8-3-6-22-18-25(31-28(22)26)29-30-19-24(40-29)21-33-12-10-32(11-13-33)20-23-7-4-15-38-23;/h3,5-6,8-9,17-19,23,31H,2,4,7,10-16,20-21H2,1H3;1H4. The Hall–Kier alpha value is -2.32. The Morgan fingerprint density at radius 3 is 2.74 bits per heavy atom. The number of nitrogens with one attached hydrogen (secondary N) is 1. The molecule has 4 aromatic rings. The Labute approximate surface area is 257 Å². The van der Waals surface area contributed by atoms with E-state index in [1.807, 2.05) is 31.3 Å². The molecular formula is C30H41N5O4S3. The Balaban J connectivity index is 0.00000353. The van der Waals surface area contributed by atoms with Crippen LogP contribution in [0.3, 0.4) is 0 Å². The van der Waals surface area contributed by atoms with E-state index in [-0.39, 0.29) is 14.0 Å². The molecule has 0 radical (unpaired) electrons. The van der Waals surface area contributed by atoms with Gasteiger partial charge in [0.25, 0.3) is 10.0 Å². The van der Waals surface area contributed by atoms with Crippen molar-refractivity contribution in [1.82, 2.24) is 19.8 Å². The molecule has 2 aliphatic rings. The molecule has 1 unspecified atom stereocenters. The van der Waals surface area contributed by atoms with E-state index in [1.54, 1.807) is 28.8 Å². The summed E-state index contributed by atoms with van der Waals surface area (Å²) >= 11 is 2.91. The number of para-hydroxylation sites is 1. The first-order chi connectivity index (χ1) is 20.0. The van der Waals surface area contributed by atoms with E-state index < -0.39 is 10.0 Å². The molecule has 2 aliphatic heterocycles. The maximum atomic E-state index is 13.7. The van der Waals surface area contributed by atoms with Crippen molar-refractivity contribution in [2.45, 2.75) is 44.0 Å². The van der Waals surface area contributed by atoms with Crippen molar-refractivity contribution in [3.05, 3.63) is 52.9 Å². The predicted octanol–water partition coefficient (Wildman–Crippen LogP) is 5.52. The first-order valence-corrected chi connectivity index (χ1v) is 17.4. The number of aromatic amines is 1. The largest absolute Gasteiger partial charge is 0.380 e. The lowest BCUT2D eigenvalue weighted by Gasteiger charge is -2.35. The number of H-pyrrole nitrogens is 1. The number of rotatable bonds is 12. The Morgan fingerprint density at radius 1 is 1.17 bits per heavy atom. The highest BCUT2D eigenvalue weighted by molar-refractivity contribution is 7.94. The van der Waals surface area contributed by atoms with Crippen LogP contribution < -0.4 is 4.31 Å². The Morgan fingerprint density at radius 2 is 2.00 bits per heavy atom. The van der Waals surface area contributed by atoms with E-state index in [0.717, 1.165) is 67.5 Å². The van der Waals surface area contributed by atoms with Crippen LogP contribution in [0.25, 0.3) is 21.6 Å². The predicted molar refractivity (Wildman–Crippen MR) is 172 cm³/mol. The normalized spacial score (nSPS) is 18.5. The highest BCUT2D eigenvalue weighted by Crippen LogP contribution is 2.35. The number of piperazine rings is 1. The van der Waals surface area contributed by atoms with Crippen molar-refractivity contribution in [2.24, 2.45) is 0 Å². The monoisotopic (exact) mass is 631 g/mol. The van der Waals surface area contributed by atoms with Crippen molar-refractivity contribution in [2.75, 3.05) is 63.4 Å². The zero-order valence-corrected chi connectivity index (χ0v) is 25.8. The van der Waals surface area contributed by atoms with Crippen LogP contribution >= 0.6 is 22.7 Å². The van der Waals surface area contributed by atoms with Crippen LogP contribution in [-0.4, -0.2) is 93.4 Å². The highest BCUT2D eigenvalue weighted by Gasteiger charge is 2.28. The molecule has 1 aromatic carbocycles. The summed E-state index contributed by atoms with van der Waals surface area (Å²) in [5, 5.41) is 3.63. The third-order valence-electron chi connectivity index (χ3n) is 7.70. The van der Waals surface area contributed by atoms with Crippen molar-refractivity contribution < 1.29 is 17.9 Å². The van der Waals surface area contributed by atoms with E-state index in [0.29, 0.717) is 29.2 Å². The molecule has 6 rings (SSSR count). The van der Waals surface area contributed by atoms with Gasteiger partial charge in [-0.15, -0.1) is 22.7 Å². The minimum absolute atomic E-state index is 0. The topological polar surface area (TPSA) is 91.0 Å². The average Bonchev–Trinajstić information content (AvgIpc) is 3.79. The molecule has 0 saturated carbocycles. The summed E-state index contributed by atoms with van der Waals surface area (Å²) in [4.78, 5) is 14.5. The molecule has 228 valence electrons. The maximum absolute atomic E-state index is 13.7. The van der Waals surface area contributed by atoms with Crippen molar-refractivity contribution >= 4 is 49.3 Å². The number of thiophene rings is 1. The fourth-order valence-electron chi connectivity index (χ4n) is 5.58. The Kier molecular flexibility index (Phi) is 10.4. The minimum atomic E-state index is -3.74. The second kappa shape index (κ2) is 14.0. The number of ether oxygens (including phenoxy) is 2. The number of thiazole rings is 1. The molecule has 2 fully saturated rings. The number of anilines is 1. The molecule has 5 heterocycles.